The van der Waals surface area contributed by atoms with Gasteiger partial charge in [-0.25, -0.2) is 0 Å². The van der Waals surface area contributed by atoms with Gasteiger partial charge in [0.2, 0.25) is 0 Å². The van der Waals surface area contributed by atoms with Gasteiger partial charge in [0, 0.05) is 0 Å². The van der Waals surface area contributed by atoms with Crippen LogP contribution >= 0.6 is 0 Å². The second kappa shape index (κ2) is 17.7. The Balaban J connectivity index is 1.28. The number of hydrogen-bond acceptors (Lipinski definition) is 0. The number of rotatable bonds is 11. The molecule has 5 unspecified atom stereocenters. The van der Waals surface area contributed by atoms with Crippen LogP contribution in [0.5, 0.6) is 0 Å². The summed E-state index contributed by atoms with van der Waals surface area (Å²) >= 11 is 0. The molecular weight excluding hydrogens is 745 g/mol. The van der Waals surface area contributed by atoms with Crippen molar-refractivity contribution in [3.8, 4) is 0 Å². The Morgan fingerprint density at radius 2 is 1.16 bits per heavy atom. The third-order valence-electron chi connectivity index (χ3n) is 16.4. The Kier molecular flexibility index (Phi) is 11.7. The van der Waals surface area contributed by atoms with E-state index in [0.717, 1.165) is 96.3 Å². The minimum atomic E-state index is 0.00718. The fourth-order valence-electron chi connectivity index (χ4n) is 13.8. The summed E-state index contributed by atoms with van der Waals surface area (Å²) < 4.78 is 0. The third-order valence-corrected chi connectivity index (χ3v) is 16.4. The number of allylic oxidation sites excluding steroid dienone is 37. The molecule has 62 heavy (non-hydrogen) atoms. The molecular formula is C62H68. The lowest BCUT2D eigenvalue weighted by atomic mass is 9.53. The van der Waals surface area contributed by atoms with Crippen LogP contribution in [0.4, 0.5) is 0 Å². The first-order chi connectivity index (χ1) is 30.6. The molecule has 0 nitrogen and oxygen atoms in total. The minimum absolute atomic E-state index is 0.00718. The van der Waals surface area contributed by atoms with Crippen molar-refractivity contribution in [3.63, 3.8) is 0 Å². The zero-order valence-corrected chi connectivity index (χ0v) is 38.0. The molecule has 0 heterocycles. The zero-order chi connectivity index (χ0) is 42.2. The molecule has 2 saturated carbocycles. The monoisotopic (exact) mass is 813 g/mol. The molecule has 0 bridgehead atoms. The van der Waals surface area contributed by atoms with Gasteiger partial charge in [0.1, 0.15) is 0 Å². The molecule has 0 amide bonds. The van der Waals surface area contributed by atoms with Gasteiger partial charge in [0.15, 0.2) is 0 Å². The van der Waals surface area contributed by atoms with Gasteiger partial charge in [0.25, 0.3) is 0 Å². The maximum atomic E-state index is 4.16. The van der Waals surface area contributed by atoms with E-state index >= 15 is 0 Å². The van der Waals surface area contributed by atoms with Crippen LogP contribution in [-0.2, 0) is 0 Å². The van der Waals surface area contributed by atoms with Crippen LogP contribution in [0.1, 0.15) is 124 Å². The molecule has 10 rings (SSSR count). The molecule has 0 aromatic rings. The molecule has 5 atom stereocenters. The van der Waals surface area contributed by atoms with E-state index in [1.54, 1.807) is 61.3 Å². The van der Waals surface area contributed by atoms with Crippen molar-refractivity contribution in [2.75, 3.05) is 0 Å². The van der Waals surface area contributed by atoms with Gasteiger partial charge in [0.05, 0.1) is 0 Å². The quantitative estimate of drug-likeness (QED) is 0.182. The van der Waals surface area contributed by atoms with Crippen molar-refractivity contribution in [2.24, 2.45) is 29.1 Å². The van der Waals surface area contributed by atoms with Gasteiger partial charge >= 0.3 is 0 Å². The minimum Gasteiger partial charge on any atom is -0.103 e. The number of fused-ring (bicyclic) bond motifs is 10. The Hall–Kier alpha value is -4.94. The lowest BCUT2D eigenvalue weighted by Crippen LogP contribution is -2.44. The van der Waals surface area contributed by atoms with E-state index in [-0.39, 0.29) is 5.41 Å². The van der Waals surface area contributed by atoms with Gasteiger partial charge in [-0.15, -0.1) is 6.58 Å². The second-order valence-corrected chi connectivity index (χ2v) is 19.4. The van der Waals surface area contributed by atoms with Gasteiger partial charge in [-0.2, -0.15) is 0 Å². The molecule has 0 radical (unpaired) electrons. The van der Waals surface area contributed by atoms with Crippen molar-refractivity contribution in [1.29, 1.82) is 0 Å². The van der Waals surface area contributed by atoms with Crippen LogP contribution in [0, 0.1) is 29.1 Å². The van der Waals surface area contributed by atoms with E-state index in [0.29, 0.717) is 23.7 Å². The zero-order valence-electron chi connectivity index (χ0n) is 38.0. The van der Waals surface area contributed by atoms with Gasteiger partial charge < -0.3 is 0 Å². The van der Waals surface area contributed by atoms with Crippen LogP contribution in [0.25, 0.3) is 0 Å². The summed E-state index contributed by atoms with van der Waals surface area (Å²) in [6.07, 6.45) is 70.2. The van der Waals surface area contributed by atoms with E-state index in [4.69, 9.17) is 0 Å². The van der Waals surface area contributed by atoms with Gasteiger partial charge in [-0.1, -0.05) is 141 Å². The standard InChI is InChI=1S/C62H68/c1-5-9-23-43(8-4)48-32-34-52-56(38-48)62(59-41-51(45-26-16-11-17-27-45)37-55(61(52)59)47-30-20-13-21-31-47)57-39-49(44-24-14-10-15-25-44)33-35-53(57)60-54(46-28-18-12-19-29-46)36-50(40-58(60)62)42(7-3)22-6-2/h5,7-8,10-11,14,16,18,20,24,26,28-37,56-59H,1,6,9,12-13,15,17,19,21-23,25,27,38-41H2,2-4H3. The van der Waals surface area contributed by atoms with E-state index < -0.39 is 0 Å². The van der Waals surface area contributed by atoms with Crippen molar-refractivity contribution in [2.45, 2.75) is 124 Å². The summed E-state index contributed by atoms with van der Waals surface area (Å²) in [5.41, 5.74) is 25.3. The predicted octanol–water partition coefficient (Wildman–Crippen LogP) is 17.0. The normalized spacial score (nSPS) is 30.2. The fraction of sp³-hybridized carbons (Fsp3) is 0.387. The van der Waals surface area contributed by atoms with Crippen molar-refractivity contribution < 1.29 is 0 Å². The number of hydrogen-bond donors (Lipinski definition) is 0. The van der Waals surface area contributed by atoms with Crippen molar-refractivity contribution in [3.05, 3.63) is 223 Å². The second-order valence-electron chi connectivity index (χ2n) is 19.4. The van der Waals surface area contributed by atoms with Crippen molar-refractivity contribution in [1.82, 2.24) is 0 Å². The van der Waals surface area contributed by atoms with E-state index in [9.17, 15) is 0 Å². The van der Waals surface area contributed by atoms with Crippen LogP contribution in [0.15, 0.2) is 223 Å². The average molecular weight is 813 g/mol. The first kappa shape index (κ1) is 41.1. The molecule has 0 N–H and O–H groups in total. The molecule has 0 aromatic heterocycles. The largest absolute Gasteiger partial charge is 0.103 e. The summed E-state index contributed by atoms with van der Waals surface area (Å²) in [6, 6.07) is 0. The highest BCUT2D eigenvalue weighted by Gasteiger charge is 2.69. The molecule has 10 aliphatic rings. The van der Waals surface area contributed by atoms with Crippen LogP contribution in [-0.4, -0.2) is 0 Å². The van der Waals surface area contributed by atoms with E-state index in [1.807, 2.05) is 0 Å². The molecule has 2 fully saturated rings. The average Bonchev–Trinajstić information content (AvgIpc) is 3.80. The maximum Gasteiger partial charge on any atom is -0.000909 e. The van der Waals surface area contributed by atoms with Crippen LogP contribution in [0.2, 0.25) is 0 Å². The van der Waals surface area contributed by atoms with E-state index in [1.165, 1.54) is 34.3 Å². The summed E-state index contributed by atoms with van der Waals surface area (Å²) in [5, 5.41) is 0. The smallest absolute Gasteiger partial charge is 0.000909 e. The van der Waals surface area contributed by atoms with Crippen molar-refractivity contribution >= 4 is 0 Å². The highest BCUT2D eigenvalue weighted by Crippen LogP contribution is 2.77. The summed E-state index contributed by atoms with van der Waals surface area (Å²) in [7, 11) is 0. The fourth-order valence-corrected chi connectivity index (χ4v) is 13.8. The highest BCUT2D eigenvalue weighted by molar-refractivity contribution is 5.72. The third kappa shape index (κ3) is 6.96. The van der Waals surface area contributed by atoms with E-state index in [2.05, 4.69) is 155 Å². The highest BCUT2D eigenvalue weighted by atomic mass is 14.7. The molecule has 0 heteroatoms. The molecule has 10 aliphatic carbocycles. The Morgan fingerprint density at radius 3 is 1.76 bits per heavy atom. The summed E-state index contributed by atoms with van der Waals surface area (Å²) in [4.78, 5) is 0. The summed E-state index contributed by atoms with van der Waals surface area (Å²) in [6.45, 7) is 11.1. The lowest BCUT2D eigenvalue weighted by molar-refractivity contribution is 0.0489. The predicted molar refractivity (Wildman–Crippen MR) is 265 cm³/mol. The summed E-state index contributed by atoms with van der Waals surface area (Å²) in [5.74, 6) is 1.68. The molecule has 0 aromatic carbocycles. The van der Waals surface area contributed by atoms with Gasteiger partial charge in [-0.05, 0) is 228 Å². The molecule has 316 valence electrons. The van der Waals surface area contributed by atoms with Crippen LogP contribution < -0.4 is 0 Å². The van der Waals surface area contributed by atoms with Gasteiger partial charge in [-0.3, -0.25) is 0 Å². The van der Waals surface area contributed by atoms with Crippen LogP contribution in [0.3, 0.4) is 0 Å². The Morgan fingerprint density at radius 1 is 0.581 bits per heavy atom. The lowest BCUT2D eigenvalue weighted by Gasteiger charge is -2.49. The first-order valence-electron chi connectivity index (χ1n) is 24.7. The molecule has 1 spiro atoms. The molecule has 0 saturated heterocycles. The SMILES string of the molecule is C=CCCC(=CC)C1=CC=C2C3=C(C4=CCCC=C4)C=C(C4=CC=CCC4)CC3C3(C4CC(C5=CC=CCC5)=CC=C4C4=C(C5=CCCC=C5)C=C(C(=CC)CCC)CC43)C2C1. The maximum absolute atomic E-state index is 4.16. The molecule has 0 aliphatic heterocycles. The first-order valence-corrected chi connectivity index (χ1v) is 24.7. The Bertz CT molecular complexity index is 2500. The topological polar surface area (TPSA) is 0 Å². The Labute approximate surface area is 374 Å².